The number of aromatic nitrogens is 4. The number of nitrogens with one attached hydrogen (secondary N) is 2. The predicted molar refractivity (Wildman–Crippen MR) is 175 cm³/mol. The molecule has 0 bridgehead atoms. The van der Waals surface area contributed by atoms with Gasteiger partial charge in [-0.15, -0.1) is 11.3 Å². The van der Waals surface area contributed by atoms with E-state index in [4.69, 9.17) is 9.72 Å². The molecule has 218 valence electrons. The van der Waals surface area contributed by atoms with Crippen molar-refractivity contribution in [2.45, 2.75) is 19.9 Å². The summed E-state index contributed by atoms with van der Waals surface area (Å²) < 4.78 is 5.33. The SMILES string of the molecule is CNc1ncc(-c2cnc(C)s2)c(N[C@@H](C)/C(=C/c2cccc(-c3ccnc(OC)c3)c2C=O)N(C)c2ccccc2)n1. The van der Waals surface area contributed by atoms with Crippen LogP contribution in [0.3, 0.4) is 0 Å². The van der Waals surface area contributed by atoms with Gasteiger partial charge in [0.1, 0.15) is 5.82 Å². The molecule has 0 spiro atoms. The summed E-state index contributed by atoms with van der Waals surface area (Å²) in [4.78, 5) is 33.6. The average molecular weight is 592 g/mol. The van der Waals surface area contributed by atoms with Crippen LogP contribution in [0.2, 0.25) is 0 Å². The molecule has 0 fully saturated rings. The number of carbonyl (C=O) groups excluding carboxylic acids is 1. The summed E-state index contributed by atoms with van der Waals surface area (Å²) in [6, 6.07) is 19.4. The van der Waals surface area contributed by atoms with Crippen LogP contribution in [-0.2, 0) is 0 Å². The van der Waals surface area contributed by atoms with Crippen LogP contribution in [0.1, 0.15) is 27.9 Å². The molecule has 5 aromatic rings. The third kappa shape index (κ3) is 6.54. The number of anilines is 3. The molecule has 0 aliphatic rings. The number of rotatable bonds is 11. The number of thiazole rings is 1. The number of methoxy groups -OCH3 is 1. The standard InChI is InChI=1S/C33H33N7O2S/c1-21(38-32-27(18-37-33(34-3)39-32)30-19-36-22(2)43-30)29(40(4)25-11-7-6-8-12-25)16-23-10-9-13-26(28(23)20-41)24-14-15-35-31(17-24)42-5/h6-21H,1-5H3,(H2,34,37,38,39)/b29-16-/t21-/m0/s1. The highest BCUT2D eigenvalue weighted by Gasteiger charge is 2.20. The molecule has 3 aromatic heterocycles. The maximum atomic E-state index is 12.6. The summed E-state index contributed by atoms with van der Waals surface area (Å²) in [5.41, 5.74) is 5.79. The summed E-state index contributed by atoms with van der Waals surface area (Å²) in [7, 11) is 5.38. The fraction of sp³-hybridized carbons (Fsp3) is 0.182. The molecule has 2 N–H and O–H groups in total. The number of likely N-dealkylation sites (N-methyl/N-ethyl adjacent to an activating group) is 1. The lowest BCUT2D eigenvalue weighted by Gasteiger charge is -2.29. The number of benzene rings is 2. The van der Waals surface area contributed by atoms with Crippen molar-refractivity contribution < 1.29 is 9.53 Å². The van der Waals surface area contributed by atoms with E-state index in [1.807, 2.05) is 81.0 Å². The normalized spacial score (nSPS) is 12.0. The van der Waals surface area contributed by atoms with E-state index in [1.165, 1.54) is 0 Å². The van der Waals surface area contributed by atoms with Gasteiger partial charge in [-0.3, -0.25) is 4.79 Å². The quantitative estimate of drug-likeness (QED) is 0.160. The molecule has 0 saturated carbocycles. The van der Waals surface area contributed by atoms with E-state index in [9.17, 15) is 4.79 Å². The number of para-hydroxylation sites is 1. The Balaban J connectivity index is 1.61. The molecule has 9 nitrogen and oxygen atoms in total. The molecule has 2 aromatic carbocycles. The Morgan fingerprint density at radius 3 is 2.53 bits per heavy atom. The molecule has 0 saturated heterocycles. The number of hydrogen-bond donors (Lipinski definition) is 2. The maximum absolute atomic E-state index is 12.6. The summed E-state index contributed by atoms with van der Waals surface area (Å²) in [5, 5.41) is 7.63. The lowest BCUT2D eigenvalue weighted by molar-refractivity contribution is 0.112. The first-order valence-corrected chi connectivity index (χ1v) is 14.6. The van der Waals surface area contributed by atoms with E-state index in [1.54, 1.807) is 31.7 Å². The maximum Gasteiger partial charge on any atom is 0.224 e. The van der Waals surface area contributed by atoms with Crippen molar-refractivity contribution >= 4 is 41.2 Å². The second kappa shape index (κ2) is 13.3. The average Bonchev–Trinajstić information content (AvgIpc) is 3.49. The number of aldehydes is 1. The number of carbonyl (C=O) groups is 1. The van der Waals surface area contributed by atoms with E-state index >= 15 is 0 Å². The van der Waals surface area contributed by atoms with Crippen molar-refractivity contribution in [3.8, 4) is 27.4 Å². The molecule has 0 radical (unpaired) electrons. The molecular formula is C33H33N7O2S. The van der Waals surface area contributed by atoms with Crippen molar-refractivity contribution in [1.82, 2.24) is 19.9 Å². The van der Waals surface area contributed by atoms with E-state index in [0.29, 0.717) is 23.2 Å². The van der Waals surface area contributed by atoms with Crippen LogP contribution in [0.5, 0.6) is 5.88 Å². The molecule has 0 aliphatic heterocycles. The first-order chi connectivity index (χ1) is 20.9. The largest absolute Gasteiger partial charge is 0.481 e. The van der Waals surface area contributed by atoms with Gasteiger partial charge in [-0.25, -0.2) is 15.0 Å². The van der Waals surface area contributed by atoms with Gasteiger partial charge in [0.2, 0.25) is 11.8 Å². The van der Waals surface area contributed by atoms with Crippen molar-refractivity contribution in [2.24, 2.45) is 0 Å². The topological polar surface area (TPSA) is 105 Å². The molecule has 10 heteroatoms. The lowest BCUT2D eigenvalue weighted by Crippen LogP contribution is -2.30. The third-order valence-electron chi connectivity index (χ3n) is 7.04. The number of aryl methyl sites for hydroxylation is 1. The van der Waals surface area contributed by atoms with Gasteiger partial charge >= 0.3 is 0 Å². The van der Waals surface area contributed by atoms with Crippen molar-refractivity contribution in [3.05, 3.63) is 101 Å². The second-order valence-corrected chi connectivity index (χ2v) is 11.0. The van der Waals surface area contributed by atoms with Gasteiger partial charge < -0.3 is 20.3 Å². The molecule has 0 amide bonds. The Morgan fingerprint density at radius 1 is 1.02 bits per heavy atom. The van der Waals surface area contributed by atoms with Crippen LogP contribution in [0.15, 0.2) is 85.0 Å². The van der Waals surface area contributed by atoms with Gasteiger partial charge in [-0.05, 0) is 54.8 Å². The van der Waals surface area contributed by atoms with E-state index in [-0.39, 0.29) is 6.04 Å². The predicted octanol–water partition coefficient (Wildman–Crippen LogP) is 6.81. The first-order valence-electron chi connectivity index (χ1n) is 13.7. The fourth-order valence-electron chi connectivity index (χ4n) is 4.81. The van der Waals surface area contributed by atoms with E-state index in [0.717, 1.165) is 49.8 Å². The summed E-state index contributed by atoms with van der Waals surface area (Å²) in [6.07, 6.45) is 8.28. The zero-order chi connectivity index (χ0) is 30.3. The van der Waals surface area contributed by atoms with Crippen LogP contribution in [0.4, 0.5) is 17.5 Å². The highest BCUT2D eigenvalue weighted by Crippen LogP contribution is 2.34. The van der Waals surface area contributed by atoms with Crippen LogP contribution in [0, 0.1) is 6.92 Å². The molecule has 5 rings (SSSR count). The van der Waals surface area contributed by atoms with Crippen LogP contribution in [-0.4, -0.2) is 53.5 Å². The lowest BCUT2D eigenvalue weighted by atomic mass is 9.95. The second-order valence-electron chi connectivity index (χ2n) is 9.79. The zero-order valence-corrected chi connectivity index (χ0v) is 25.5. The van der Waals surface area contributed by atoms with Gasteiger partial charge in [0.15, 0.2) is 6.29 Å². The van der Waals surface area contributed by atoms with Crippen LogP contribution < -0.4 is 20.3 Å². The molecule has 43 heavy (non-hydrogen) atoms. The zero-order valence-electron chi connectivity index (χ0n) is 24.7. The minimum atomic E-state index is -0.234. The molecule has 3 heterocycles. The number of ether oxygens (including phenoxy) is 1. The Labute approximate surface area is 255 Å². The molecular weight excluding hydrogens is 558 g/mol. The summed E-state index contributed by atoms with van der Waals surface area (Å²) in [5.74, 6) is 1.66. The van der Waals surface area contributed by atoms with E-state index < -0.39 is 0 Å². The smallest absolute Gasteiger partial charge is 0.224 e. The van der Waals surface area contributed by atoms with Gasteiger partial charge in [0.25, 0.3) is 0 Å². The Kier molecular flexibility index (Phi) is 9.07. The monoisotopic (exact) mass is 591 g/mol. The van der Waals surface area contributed by atoms with Gasteiger partial charge in [-0.2, -0.15) is 4.98 Å². The van der Waals surface area contributed by atoms with Gasteiger partial charge in [0, 0.05) is 55.7 Å². The number of nitrogens with zero attached hydrogens (tertiary/aromatic N) is 5. The van der Waals surface area contributed by atoms with Gasteiger partial charge in [0.05, 0.1) is 28.6 Å². The van der Waals surface area contributed by atoms with E-state index in [2.05, 4.69) is 49.5 Å². The Bertz CT molecular complexity index is 1750. The van der Waals surface area contributed by atoms with Crippen molar-refractivity contribution in [1.29, 1.82) is 0 Å². The highest BCUT2D eigenvalue weighted by atomic mass is 32.1. The van der Waals surface area contributed by atoms with Gasteiger partial charge in [-0.1, -0.05) is 36.4 Å². The molecule has 0 unspecified atom stereocenters. The minimum absolute atomic E-state index is 0.234. The molecule has 0 aliphatic carbocycles. The molecule has 1 atom stereocenters. The van der Waals surface area contributed by atoms with Crippen LogP contribution >= 0.6 is 11.3 Å². The van der Waals surface area contributed by atoms with Crippen molar-refractivity contribution in [3.63, 3.8) is 0 Å². The number of hydrogen-bond acceptors (Lipinski definition) is 10. The minimum Gasteiger partial charge on any atom is -0.481 e. The Morgan fingerprint density at radius 2 is 1.84 bits per heavy atom. The highest BCUT2D eigenvalue weighted by molar-refractivity contribution is 7.15. The Hall–Kier alpha value is -5.09. The van der Waals surface area contributed by atoms with Crippen LogP contribution in [0.25, 0.3) is 27.6 Å². The number of pyridine rings is 1. The first kappa shape index (κ1) is 29.4. The third-order valence-corrected chi connectivity index (χ3v) is 7.99. The summed E-state index contributed by atoms with van der Waals surface area (Å²) >= 11 is 1.59. The fourth-order valence-corrected chi connectivity index (χ4v) is 5.60. The van der Waals surface area contributed by atoms with Crippen molar-refractivity contribution in [2.75, 3.05) is 36.7 Å². The summed E-state index contributed by atoms with van der Waals surface area (Å²) in [6.45, 7) is 4.05.